The standard InChI is InChI=1S/C36H50ClN5O5/c1-6-7-21-38-34(44)27(3)41(24-23-40(4)5)31(43)16-12-9-13-22-42-26(2)32(35(45)47-25-28-14-10-8-11-15-28)33(39-36(42)46)29-17-19-30(37)20-18-29/h8,10-11,14-15,17-20,27,33H,6-7,9,12-13,16,21-25H2,1-5H3,(H,38,44)(H,39,46). The minimum Gasteiger partial charge on any atom is -0.457 e. The molecule has 0 saturated heterocycles. The highest BCUT2D eigenvalue weighted by Crippen LogP contribution is 2.32. The number of halogens is 1. The predicted molar refractivity (Wildman–Crippen MR) is 184 cm³/mol. The van der Waals surface area contributed by atoms with Crippen molar-refractivity contribution in [3.05, 3.63) is 82.0 Å². The Kier molecular flexibility index (Phi) is 15.2. The molecule has 2 aromatic rings. The fraction of sp³-hybridized carbons (Fsp3) is 0.500. The Morgan fingerprint density at radius 2 is 1.70 bits per heavy atom. The number of ether oxygens (including phenoxy) is 1. The summed E-state index contributed by atoms with van der Waals surface area (Å²) in [5.41, 5.74) is 2.47. The van der Waals surface area contributed by atoms with Crippen LogP contribution in [-0.2, 0) is 25.7 Å². The van der Waals surface area contributed by atoms with Crippen LogP contribution in [0, 0.1) is 0 Å². The first-order chi connectivity index (χ1) is 22.5. The largest absolute Gasteiger partial charge is 0.457 e. The predicted octanol–water partition coefficient (Wildman–Crippen LogP) is 5.68. The van der Waals surface area contributed by atoms with Crippen LogP contribution >= 0.6 is 11.6 Å². The topological polar surface area (TPSA) is 111 Å². The number of hydrogen-bond donors (Lipinski definition) is 2. The molecule has 11 heteroatoms. The number of benzene rings is 2. The van der Waals surface area contributed by atoms with Gasteiger partial charge in [0.05, 0.1) is 11.6 Å². The summed E-state index contributed by atoms with van der Waals surface area (Å²) in [7, 11) is 3.88. The molecule has 47 heavy (non-hydrogen) atoms. The van der Waals surface area contributed by atoms with E-state index in [1.807, 2.05) is 49.3 Å². The van der Waals surface area contributed by atoms with Gasteiger partial charge >= 0.3 is 12.0 Å². The highest BCUT2D eigenvalue weighted by molar-refractivity contribution is 6.30. The number of amides is 4. The summed E-state index contributed by atoms with van der Waals surface area (Å²) in [6, 6.07) is 14.9. The number of likely N-dealkylation sites (N-methyl/N-ethyl adjacent to an activating group) is 1. The zero-order chi connectivity index (χ0) is 34.3. The molecule has 2 unspecified atom stereocenters. The first kappa shape index (κ1) is 37.6. The number of rotatable bonds is 18. The van der Waals surface area contributed by atoms with Crippen molar-refractivity contribution >= 4 is 35.4 Å². The summed E-state index contributed by atoms with van der Waals surface area (Å²) in [6.45, 7) is 7.80. The molecule has 1 aliphatic heterocycles. The van der Waals surface area contributed by atoms with Gasteiger partial charge in [-0.05, 0) is 70.5 Å². The van der Waals surface area contributed by atoms with Crippen LogP contribution in [0.5, 0.6) is 0 Å². The van der Waals surface area contributed by atoms with E-state index in [-0.39, 0.29) is 24.5 Å². The van der Waals surface area contributed by atoms with Crippen LogP contribution in [0.1, 0.15) is 76.5 Å². The van der Waals surface area contributed by atoms with Crippen LogP contribution in [0.15, 0.2) is 65.9 Å². The Morgan fingerprint density at radius 3 is 2.36 bits per heavy atom. The third kappa shape index (κ3) is 11.4. The third-order valence-corrected chi connectivity index (χ3v) is 8.54. The van der Waals surface area contributed by atoms with E-state index in [0.29, 0.717) is 68.2 Å². The Balaban J connectivity index is 1.65. The fourth-order valence-electron chi connectivity index (χ4n) is 5.41. The molecular weight excluding hydrogens is 618 g/mol. The van der Waals surface area contributed by atoms with E-state index < -0.39 is 18.1 Å². The van der Waals surface area contributed by atoms with Gasteiger partial charge in [0.2, 0.25) is 11.8 Å². The number of carbonyl (C=O) groups excluding carboxylic acids is 4. The van der Waals surface area contributed by atoms with Gasteiger partial charge in [0, 0.05) is 43.3 Å². The summed E-state index contributed by atoms with van der Waals surface area (Å²) < 4.78 is 5.71. The Morgan fingerprint density at radius 1 is 1.00 bits per heavy atom. The summed E-state index contributed by atoms with van der Waals surface area (Å²) in [5, 5.41) is 6.47. The number of nitrogens with zero attached hydrogens (tertiary/aromatic N) is 3. The second-order valence-corrected chi connectivity index (χ2v) is 12.6. The molecule has 2 atom stereocenters. The van der Waals surface area contributed by atoms with Crippen LogP contribution in [0.25, 0.3) is 0 Å². The van der Waals surface area contributed by atoms with Crippen molar-refractivity contribution in [2.24, 2.45) is 0 Å². The highest BCUT2D eigenvalue weighted by Gasteiger charge is 2.36. The number of carbonyl (C=O) groups is 4. The number of allylic oxidation sites excluding steroid dienone is 1. The third-order valence-electron chi connectivity index (χ3n) is 8.29. The summed E-state index contributed by atoms with van der Waals surface area (Å²) >= 11 is 6.11. The Bertz CT molecular complexity index is 1370. The average molecular weight is 668 g/mol. The van der Waals surface area contributed by atoms with Gasteiger partial charge in [-0.1, -0.05) is 73.8 Å². The van der Waals surface area contributed by atoms with E-state index >= 15 is 0 Å². The monoisotopic (exact) mass is 667 g/mol. The first-order valence-corrected chi connectivity index (χ1v) is 16.9. The van der Waals surface area contributed by atoms with Crippen molar-refractivity contribution in [2.45, 2.75) is 78.0 Å². The molecule has 1 aliphatic rings. The average Bonchev–Trinajstić information content (AvgIpc) is 3.05. The zero-order valence-electron chi connectivity index (χ0n) is 28.4. The SMILES string of the molecule is CCCCNC(=O)C(C)N(CCN(C)C)C(=O)CCCCCN1C(=O)NC(c2ccc(Cl)cc2)C(C(=O)OCc2ccccc2)=C1C. The van der Waals surface area contributed by atoms with Gasteiger partial charge in [0.15, 0.2) is 0 Å². The van der Waals surface area contributed by atoms with Crippen molar-refractivity contribution in [3.63, 3.8) is 0 Å². The molecule has 2 N–H and O–H groups in total. The summed E-state index contributed by atoms with van der Waals surface area (Å²) in [5.74, 6) is -0.711. The molecule has 0 aliphatic carbocycles. The highest BCUT2D eigenvalue weighted by atomic mass is 35.5. The zero-order valence-corrected chi connectivity index (χ0v) is 29.1. The van der Waals surface area contributed by atoms with Gasteiger partial charge < -0.3 is 25.2 Å². The first-order valence-electron chi connectivity index (χ1n) is 16.5. The lowest BCUT2D eigenvalue weighted by Gasteiger charge is -2.35. The minimum atomic E-state index is -0.689. The maximum Gasteiger partial charge on any atom is 0.338 e. The molecule has 0 radical (unpaired) electrons. The van der Waals surface area contributed by atoms with Crippen LogP contribution < -0.4 is 10.6 Å². The molecule has 4 amide bonds. The van der Waals surface area contributed by atoms with Gasteiger partial charge in [-0.2, -0.15) is 0 Å². The molecule has 0 saturated carbocycles. The molecule has 0 bridgehead atoms. The lowest BCUT2D eigenvalue weighted by atomic mass is 9.94. The molecule has 2 aromatic carbocycles. The second kappa shape index (κ2) is 19.1. The van der Waals surface area contributed by atoms with Crippen molar-refractivity contribution in [1.82, 2.24) is 25.3 Å². The number of unbranched alkanes of at least 4 members (excludes halogenated alkanes) is 3. The normalized spacial score (nSPS) is 15.3. The van der Waals surface area contributed by atoms with E-state index in [2.05, 4.69) is 17.6 Å². The van der Waals surface area contributed by atoms with Crippen molar-refractivity contribution < 1.29 is 23.9 Å². The van der Waals surface area contributed by atoms with E-state index in [9.17, 15) is 19.2 Å². The van der Waals surface area contributed by atoms with Crippen molar-refractivity contribution in [2.75, 3.05) is 40.3 Å². The maximum absolute atomic E-state index is 13.5. The second-order valence-electron chi connectivity index (χ2n) is 12.2. The van der Waals surface area contributed by atoms with Gasteiger partial charge in [-0.25, -0.2) is 9.59 Å². The minimum absolute atomic E-state index is 0.0639. The lowest BCUT2D eigenvalue weighted by Crippen LogP contribution is -2.50. The molecule has 10 nitrogen and oxygen atoms in total. The molecular formula is C36H50ClN5O5. The Labute approximate surface area is 284 Å². The summed E-state index contributed by atoms with van der Waals surface area (Å²) in [4.78, 5) is 58.1. The maximum atomic E-state index is 13.5. The number of hydrogen-bond acceptors (Lipinski definition) is 6. The van der Waals surface area contributed by atoms with E-state index in [1.165, 1.54) is 0 Å². The summed E-state index contributed by atoms with van der Waals surface area (Å²) in [6.07, 6.45) is 4.10. The van der Waals surface area contributed by atoms with Gasteiger partial charge in [-0.15, -0.1) is 0 Å². The van der Waals surface area contributed by atoms with Crippen molar-refractivity contribution in [3.8, 4) is 0 Å². The van der Waals surface area contributed by atoms with Gasteiger partial charge in [0.1, 0.15) is 12.6 Å². The van der Waals surface area contributed by atoms with E-state index in [4.69, 9.17) is 16.3 Å². The molecule has 0 spiro atoms. The molecule has 3 rings (SSSR count). The van der Waals surface area contributed by atoms with E-state index in [0.717, 1.165) is 24.0 Å². The van der Waals surface area contributed by atoms with Gasteiger partial charge in [-0.3, -0.25) is 14.5 Å². The van der Waals surface area contributed by atoms with E-state index in [1.54, 1.807) is 47.9 Å². The van der Waals surface area contributed by atoms with Crippen LogP contribution in [-0.4, -0.2) is 84.8 Å². The number of urea groups is 1. The molecule has 1 heterocycles. The van der Waals surface area contributed by atoms with Crippen LogP contribution in [0.4, 0.5) is 4.79 Å². The molecule has 0 aromatic heterocycles. The lowest BCUT2D eigenvalue weighted by molar-refractivity contribution is -0.141. The van der Waals surface area contributed by atoms with Crippen LogP contribution in [0.2, 0.25) is 5.02 Å². The number of esters is 1. The quantitative estimate of drug-likeness (QED) is 0.156. The smallest absolute Gasteiger partial charge is 0.338 e. The van der Waals surface area contributed by atoms with Crippen molar-refractivity contribution in [1.29, 1.82) is 0 Å². The Hall–Kier alpha value is -3.89. The van der Waals surface area contributed by atoms with Crippen LogP contribution in [0.3, 0.4) is 0 Å². The molecule has 0 fully saturated rings. The number of nitrogens with one attached hydrogen (secondary N) is 2. The fourth-order valence-corrected chi connectivity index (χ4v) is 5.53. The van der Waals surface area contributed by atoms with Gasteiger partial charge in [0.25, 0.3) is 0 Å². The molecule has 256 valence electrons.